The van der Waals surface area contributed by atoms with Gasteiger partial charge in [-0.2, -0.15) is 0 Å². The number of methoxy groups -OCH3 is 2. The van der Waals surface area contributed by atoms with Crippen molar-refractivity contribution in [2.24, 2.45) is 46.3 Å². The summed E-state index contributed by atoms with van der Waals surface area (Å²) in [6, 6.07) is 0. The zero-order chi connectivity index (χ0) is 19.3. The van der Waals surface area contributed by atoms with Crippen molar-refractivity contribution in [2.75, 3.05) is 14.2 Å². The highest BCUT2D eigenvalue weighted by atomic mass is 16.5. The number of ether oxygens (including phenoxy) is 2. The maximum atomic E-state index is 13.5. The molecule has 4 saturated carbocycles. The van der Waals surface area contributed by atoms with E-state index >= 15 is 0 Å². The largest absolute Gasteiger partial charge is 0.469 e. The van der Waals surface area contributed by atoms with Crippen molar-refractivity contribution >= 4 is 23.5 Å². The minimum atomic E-state index is -1.07. The molecule has 0 aliphatic heterocycles. The highest BCUT2D eigenvalue weighted by Gasteiger charge is 2.98. The van der Waals surface area contributed by atoms with E-state index in [1.54, 1.807) is 0 Å². The van der Waals surface area contributed by atoms with Crippen LogP contribution in [-0.4, -0.2) is 37.7 Å². The molecule has 0 heterocycles. The van der Waals surface area contributed by atoms with Crippen molar-refractivity contribution in [3.8, 4) is 0 Å². The molecule has 6 heteroatoms. The molecular weight excluding hydrogens is 360 g/mol. The molecule has 8 atom stereocenters. The van der Waals surface area contributed by atoms with Crippen LogP contribution in [0.25, 0.3) is 0 Å². The number of ketones is 2. The topological polar surface area (TPSA) is 86.7 Å². The Labute approximate surface area is 161 Å². The Morgan fingerprint density at radius 2 is 1.11 bits per heavy atom. The maximum absolute atomic E-state index is 13.5. The van der Waals surface area contributed by atoms with E-state index in [2.05, 4.69) is 0 Å². The van der Waals surface area contributed by atoms with Gasteiger partial charge in [0.05, 0.1) is 25.0 Å². The number of rotatable bonds is 2. The van der Waals surface area contributed by atoms with Crippen LogP contribution in [0.1, 0.15) is 25.7 Å². The zero-order valence-corrected chi connectivity index (χ0v) is 15.7. The van der Waals surface area contributed by atoms with E-state index in [0.29, 0.717) is 25.7 Å². The van der Waals surface area contributed by atoms with Crippen molar-refractivity contribution in [3.63, 3.8) is 0 Å². The molecule has 8 aliphatic rings. The van der Waals surface area contributed by atoms with Crippen molar-refractivity contribution in [1.29, 1.82) is 0 Å². The maximum Gasteiger partial charge on any atom is 0.314 e. The fraction of sp³-hybridized carbons (Fsp3) is 0.636. The van der Waals surface area contributed by atoms with Gasteiger partial charge < -0.3 is 9.47 Å². The molecule has 0 spiro atoms. The van der Waals surface area contributed by atoms with Gasteiger partial charge in [-0.1, -0.05) is 11.1 Å². The van der Waals surface area contributed by atoms with Gasteiger partial charge in [0, 0.05) is 36.5 Å². The quantitative estimate of drug-likeness (QED) is 0.673. The average molecular weight is 380 g/mol. The van der Waals surface area contributed by atoms with Crippen LogP contribution < -0.4 is 0 Å². The Bertz CT molecular complexity index is 950. The summed E-state index contributed by atoms with van der Waals surface area (Å²) in [5.41, 5.74) is 1.65. The monoisotopic (exact) mass is 380 g/mol. The predicted octanol–water partition coefficient (Wildman–Crippen LogP) is 1.39. The number of allylic oxidation sites excluding steroid dienone is 4. The first-order valence-electron chi connectivity index (χ1n) is 10.2. The molecule has 8 unspecified atom stereocenters. The number of hydrogen-bond acceptors (Lipinski definition) is 6. The van der Waals surface area contributed by atoms with Gasteiger partial charge in [-0.05, 0) is 35.8 Å². The SMILES string of the molecule is COC(=O)C12C3C4=C(C(=O)CC4)C4C3C3C(C5=C(C(=O)CC5)C31)C42C(=O)OC. The van der Waals surface area contributed by atoms with Gasteiger partial charge in [0.1, 0.15) is 0 Å². The molecule has 0 aromatic heterocycles. The second-order valence-corrected chi connectivity index (χ2v) is 9.51. The minimum Gasteiger partial charge on any atom is -0.469 e. The molecule has 0 saturated heterocycles. The van der Waals surface area contributed by atoms with E-state index in [1.165, 1.54) is 14.2 Å². The van der Waals surface area contributed by atoms with Crippen LogP contribution in [0.4, 0.5) is 0 Å². The Kier molecular flexibility index (Phi) is 2.34. The lowest BCUT2D eigenvalue weighted by molar-refractivity contribution is -0.184. The molecule has 28 heavy (non-hydrogen) atoms. The molecule has 0 aromatic rings. The van der Waals surface area contributed by atoms with Gasteiger partial charge in [0.2, 0.25) is 0 Å². The standard InChI is InChI=1S/C22H20O6/c1-27-19(25)21-15-7-3-5-10(24)12(7)18-13(15)14-16(22(18,21)20(26)28-2)8-4-6-9(23)11(8)17(14)21/h13-18H,3-6H2,1-2H3. The van der Waals surface area contributed by atoms with Crippen LogP contribution in [0, 0.1) is 46.3 Å². The lowest BCUT2D eigenvalue weighted by Crippen LogP contribution is -2.61. The Balaban J connectivity index is 1.60. The number of carbonyl (C=O) groups is 4. The number of esters is 2. The number of Topliss-reactive ketones (excluding diaryl/α,β-unsaturated/α-hetero) is 2. The van der Waals surface area contributed by atoms with Crippen LogP contribution in [0.15, 0.2) is 22.3 Å². The second kappa shape index (κ2) is 4.19. The molecule has 144 valence electrons. The molecule has 8 aliphatic carbocycles. The lowest BCUT2D eigenvalue weighted by atomic mass is 9.48. The molecular formula is C22H20O6. The van der Waals surface area contributed by atoms with Crippen molar-refractivity contribution < 1.29 is 28.7 Å². The first-order chi connectivity index (χ1) is 13.5. The highest BCUT2D eigenvalue weighted by molar-refractivity contribution is 6.09. The van der Waals surface area contributed by atoms with E-state index < -0.39 is 10.8 Å². The normalized spacial score (nSPS) is 50.4. The lowest BCUT2D eigenvalue weighted by Gasteiger charge is -2.51. The van der Waals surface area contributed by atoms with Crippen molar-refractivity contribution in [1.82, 2.24) is 0 Å². The van der Waals surface area contributed by atoms with E-state index in [1.807, 2.05) is 0 Å². The van der Waals surface area contributed by atoms with Gasteiger partial charge in [0.15, 0.2) is 11.6 Å². The van der Waals surface area contributed by atoms with E-state index in [4.69, 9.17) is 9.47 Å². The summed E-state index contributed by atoms with van der Waals surface area (Å²) < 4.78 is 10.7. The van der Waals surface area contributed by atoms with E-state index in [9.17, 15) is 19.2 Å². The number of hydrogen-bond donors (Lipinski definition) is 0. The third-order valence-electron chi connectivity index (χ3n) is 9.59. The summed E-state index contributed by atoms with van der Waals surface area (Å²) in [7, 11) is 2.74. The fourth-order valence-electron chi connectivity index (χ4n) is 9.73. The highest BCUT2D eigenvalue weighted by Crippen LogP contribution is 2.95. The number of carbonyl (C=O) groups excluding carboxylic acids is 4. The summed E-state index contributed by atoms with van der Waals surface area (Å²) in [6.45, 7) is 0. The van der Waals surface area contributed by atoms with E-state index in [0.717, 1.165) is 22.3 Å². The third-order valence-corrected chi connectivity index (χ3v) is 9.59. The first kappa shape index (κ1) is 15.7. The van der Waals surface area contributed by atoms with Crippen LogP contribution in [0.3, 0.4) is 0 Å². The van der Waals surface area contributed by atoms with E-state index in [-0.39, 0.29) is 59.0 Å². The van der Waals surface area contributed by atoms with Crippen LogP contribution >= 0.6 is 0 Å². The Morgan fingerprint density at radius 1 is 0.714 bits per heavy atom. The van der Waals surface area contributed by atoms with Gasteiger partial charge in [0.25, 0.3) is 0 Å². The Morgan fingerprint density at radius 3 is 1.46 bits per heavy atom. The molecule has 8 rings (SSSR count). The van der Waals surface area contributed by atoms with Gasteiger partial charge in [-0.15, -0.1) is 0 Å². The minimum absolute atomic E-state index is 0.0841. The smallest absolute Gasteiger partial charge is 0.314 e. The van der Waals surface area contributed by atoms with Gasteiger partial charge >= 0.3 is 11.9 Å². The molecule has 0 aromatic carbocycles. The van der Waals surface area contributed by atoms with Crippen molar-refractivity contribution in [2.45, 2.75) is 25.7 Å². The average Bonchev–Trinajstić information content (AvgIpc) is 3.49. The zero-order valence-electron chi connectivity index (χ0n) is 15.7. The molecule has 0 N–H and O–H groups in total. The van der Waals surface area contributed by atoms with Crippen LogP contribution in [0.5, 0.6) is 0 Å². The third kappa shape index (κ3) is 1.04. The van der Waals surface area contributed by atoms with Crippen molar-refractivity contribution in [3.05, 3.63) is 22.3 Å². The molecule has 0 radical (unpaired) electrons. The molecule has 4 fully saturated rings. The molecule has 8 bridgehead atoms. The summed E-state index contributed by atoms with van der Waals surface area (Å²) >= 11 is 0. The second-order valence-electron chi connectivity index (χ2n) is 9.51. The Hall–Kier alpha value is -2.24. The fourth-order valence-corrected chi connectivity index (χ4v) is 9.73. The summed E-state index contributed by atoms with van der Waals surface area (Å²) in [6.07, 6.45) is 2.27. The summed E-state index contributed by atoms with van der Waals surface area (Å²) in [5.74, 6) is -1.14. The molecule has 6 nitrogen and oxygen atoms in total. The summed E-state index contributed by atoms with van der Waals surface area (Å²) in [4.78, 5) is 52.6. The summed E-state index contributed by atoms with van der Waals surface area (Å²) in [5, 5.41) is 0. The van der Waals surface area contributed by atoms with Gasteiger partial charge in [-0.25, -0.2) is 0 Å². The first-order valence-corrected chi connectivity index (χ1v) is 10.2. The molecule has 0 amide bonds. The predicted molar refractivity (Wildman–Crippen MR) is 92.4 cm³/mol. The van der Waals surface area contributed by atoms with Crippen LogP contribution in [-0.2, 0) is 28.7 Å². The van der Waals surface area contributed by atoms with Gasteiger partial charge in [-0.3, -0.25) is 19.2 Å². The van der Waals surface area contributed by atoms with Crippen LogP contribution in [0.2, 0.25) is 0 Å².